The molecule has 0 fully saturated rings. The maximum atomic E-state index is 13.5. The minimum Gasteiger partial charge on any atom is -0.303 e. The molecule has 0 saturated heterocycles. The predicted octanol–water partition coefficient (Wildman–Crippen LogP) is 3.56. The van der Waals surface area contributed by atoms with Gasteiger partial charge >= 0.3 is 6.03 Å². The van der Waals surface area contributed by atoms with Crippen molar-refractivity contribution in [3.63, 3.8) is 0 Å². The van der Waals surface area contributed by atoms with E-state index in [0.717, 1.165) is 10.9 Å². The van der Waals surface area contributed by atoms with Crippen molar-refractivity contribution in [3.05, 3.63) is 60.0 Å². The number of halogens is 1. The predicted molar refractivity (Wildman–Crippen MR) is 75.3 cm³/mol. The molecule has 0 radical (unpaired) electrons. The molecule has 0 aliphatic carbocycles. The third-order valence-electron chi connectivity index (χ3n) is 3.03. The fourth-order valence-electron chi connectivity index (χ4n) is 2.04. The standard InChI is InChI=1S/C15H12FN3O/c1-10-6-7-14-11(8-10)9-17-19(14)15(20)18-13-5-3-2-4-12(13)16/h2-9H,1H3,(H,18,20). The topological polar surface area (TPSA) is 46.9 Å². The van der Waals surface area contributed by atoms with Crippen molar-refractivity contribution in [1.82, 2.24) is 9.78 Å². The molecule has 4 nitrogen and oxygen atoms in total. The summed E-state index contributed by atoms with van der Waals surface area (Å²) in [7, 11) is 0. The summed E-state index contributed by atoms with van der Waals surface area (Å²) >= 11 is 0. The van der Waals surface area contributed by atoms with Crippen molar-refractivity contribution in [2.45, 2.75) is 6.92 Å². The van der Waals surface area contributed by atoms with Crippen LogP contribution < -0.4 is 5.32 Å². The number of anilines is 1. The zero-order valence-electron chi connectivity index (χ0n) is 10.8. The van der Waals surface area contributed by atoms with E-state index in [0.29, 0.717) is 5.52 Å². The number of carbonyl (C=O) groups is 1. The first kappa shape index (κ1) is 12.3. The van der Waals surface area contributed by atoms with Gasteiger partial charge in [-0.25, -0.2) is 9.18 Å². The van der Waals surface area contributed by atoms with Crippen LogP contribution in [0, 0.1) is 12.7 Å². The van der Waals surface area contributed by atoms with Crippen LogP contribution in [0.3, 0.4) is 0 Å². The van der Waals surface area contributed by atoms with Crippen LogP contribution in [0.15, 0.2) is 48.7 Å². The van der Waals surface area contributed by atoms with E-state index in [1.54, 1.807) is 18.3 Å². The van der Waals surface area contributed by atoms with E-state index in [4.69, 9.17) is 0 Å². The second kappa shape index (κ2) is 4.77. The van der Waals surface area contributed by atoms with Crippen LogP contribution in [0.5, 0.6) is 0 Å². The number of nitrogens with one attached hydrogen (secondary N) is 1. The van der Waals surface area contributed by atoms with E-state index in [9.17, 15) is 9.18 Å². The monoisotopic (exact) mass is 269 g/mol. The average molecular weight is 269 g/mol. The number of rotatable bonds is 1. The molecule has 0 saturated carbocycles. The van der Waals surface area contributed by atoms with Gasteiger partial charge in [0, 0.05) is 5.39 Å². The molecule has 20 heavy (non-hydrogen) atoms. The molecule has 2 aromatic carbocycles. The highest BCUT2D eigenvalue weighted by atomic mass is 19.1. The Morgan fingerprint density at radius 2 is 2.05 bits per heavy atom. The fraction of sp³-hybridized carbons (Fsp3) is 0.0667. The zero-order valence-corrected chi connectivity index (χ0v) is 10.8. The number of fused-ring (bicyclic) bond motifs is 1. The quantitative estimate of drug-likeness (QED) is 0.734. The Morgan fingerprint density at radius 1 is 1.25 bits per heavy atom. The van der Waals surface area contributed by atoms with Crippen LogP contribution in [0.4, 0.5) is 14.9 Å². The highest BCUT2D eigenvalue weighted by molar-refractivity contribution is 5.97. The lowest BCUT2D eigenvalue weighted by molar-refractivity contribution is 0.251. The third-order valence-corrected chi connectivity index (χ3v) is 3.03. The van der Waals surface area contributed by atoms with Crippen LogP contribution in [-0.4, -0.2) is 15.8 Å². The molecular formula is C15H12FN3O. The van der Waals surface area contributed by atoms with Crippen LogP contribution in [-0.2, 0) is 0 Å². The van der Waals surface area contributed by atoms with Gasteiger partial charge in [0.2, 0.25) is 0 Å². The SMILES string of the molecule is Cc1ccc2c(cnn2C(=O)Nc2ccccc2F)c1. The number of amides is 1. The number of hydrogen-bond donors (Lipinski definition) is 1. The normalized spacial score (nSPS) is 10.7. The van der Waals surface area contributed by atoms with E-state index in [1.165, 1.54) is 16.8 Å². The van der Waals surface area contributed by atoms with E-state index in [2.05, 4.69) is 10.4 Å². The van der Waals surface area contributed by atoms with Gasteiger partial charge in [-0.2, -0.15) is 9.78 Å². The fourth-order valence-corrected chi connectivity index (χ4v) is 2.04. The number of carbonyl (C=O) groups excluding carboxylic acids is 1. The molecule has 5 heteroatoms. The van der Waals surface area contributed by atoms with E-state index in [-0.39, 0.29) is 5.69 Å². The molecule has 0 atom stereocenters. The maximum Gasteiger partial charge on any atom is 0.347 e. The Labute approximate surface area is 114 Å². The second-order valence-corrected chi connectivity index (χ2v) is 4.53. The zero-order chi connectivity index (χ0) is 14.1. The molecule has 1 N–H and O–H groups in total. The van der Waals surface area contributed by atoms with Gasteiger partial charge in [0.05, 0.1) is 17.4 Å². The lowest BCUT2D eigenvalue weighted by Crippen LogP contribution is -2.21. The van der Waals surface area contributed by atoms with Gasteiger partial charge in [0.15, 0.2) is 0 Å². The van der Waals surface area contributed by atoms with Gasteiger partial charge in [0.1, 0.15) is 5.82 Å². The van der Waals surface area contributed by atoms with E-state index in [1.807, 2.05) is 25.1 Å². The molecule has 0 bridgehead atoms. The molecule has 1 amide bonds. The molecule has 3 rings (SSSR count). The molecule has 0 aliphatic heterocycles. The smallest absolute Gasteiger partial charge is 0.303 e. The van der Waals surface area contributed by atoms with Gasteiger partial charge in [0.25, 0.3) is 0 Å². The summed E-state index contributed by atoms with van der Waals surface area (Å²) in [5.74, 6) is -0.479. The first-order valence-electron chi connectivity index (χ1n) is 6.15. The van der Waals surface area contributed by atoms with Gasteiger partial charge in [-0.15, -0.1) is 0 Å². The largest absolute Gasteiger partial charge is 0.347 e. The van der Waals surface area contributed by atoms with Gasteiger partial charge in [-0.1, -0.05) is 23.8 Å². The Balaban J connectivity index is 1.95. The Hall–Kier alpha value is -2.69. The molecule has 3 aromatic rings. The number of aromatic nitrogens is 2. The molecule has 100 valence electrons. The van der Waals surface area contributed by atoms with E-state index < -0.39 is 11.8 Å². The number of para-hydroxylation sites is 1. The van der Waals surface area contributed by atoms with Crippen molar-refractivity contribution in [2.75, 3.05) is 5.32 Å². The van der Waals surface area contributed by atoms with Crippen LogP contribution in [0.2, 0.25) is 0 Å². The first-order chi connectivity index (χ1) is 9.65. The van der Waals surface area contributed by atoms with Crippen molar-refractivity contribution < 1.29 is 9.18 Å². The first-order valence-corrected chi connectivity index (χ1v) is 6.15. The number of benzene rings is 2. The van der Waals surface area contributed by atoms with Crippen LogP contribution in [0.1, 0.15) is 5.56 Å². The van der Waals surface area contributed by atoms with Gasteiger partial charge < -0.3 is 5.32 Å². The molecule has 0 spiro atoms. The highest BCUT2D eigenvalue weighted by Crippen LogP contribution is 2.17. The summed E-state index contributed by atoms with van der Waals surface area (Å²) in [6, 6.07) is 11.2. The Kier molecular flexibility index (Phi) is 2.95. The lowest BCUT2D eigenvalue weighted by Gasteiger charge is -2.06. The van der Waals surface area contributed by atoms with Gasteiger partial charge in [-0.3, -0.25) is 0 Å². The summed E-state index contributed by atoms with van der Waals surface area (Å²) in [5, 5.41) is 7.42. The van der Waals surface area contributed by atoms with Crippen LogP contribution in [0.25, 0.3) is 10.9 Å². The summed E-state index contributed by atoms with van der Waals surface area (Å²) in [5.41, 5.74) is 1.91. The van der Waals surface area contributed by atoms with Crippen LogP contribution >= 0.6 is 0 Å². The molecule has 1 heterocycles. The summed E-state index contributed by atoms with van der Waals surface area (Å²) in [6.07, 6.45) is 1.61. The number of hydrogen-bond acceptors (Lipinski definition) is 2. The number of nitrogens with zero attached hydrogens (tertiary/aromatic N) is 2. The number of aryl methyl sites for hydroxylation is 1. The molecule has 1 aromatic heterocycles. The summed E-state index contributed by atoms with van der Waals surface area (Å²) < 4.78 is 14.7. The summed E-state index contributed by atoms with van der Waals surface area (Å²) in [6.45, 7) is 1.97. The van der Waals surface area contributed by atoms with Crippen molar-refractivity contribution >= 4 is 22.6 Å². The Bertz CT molecular complexity index is 795. The van der Waals surface area contributed by atoms with Gasteiger partial charge in [-0.05, 0) is 31.2 Å². The maximum absolute atomic E-state index is 13.5. The minimum atomic E-state index is -0.492. The van der Waals surface area contributed by atoms with Crippen molar-refractivity contribution in [3.8, 4) is 0 Å². The lowest BCUT2D eigenvalue weighted by atomic mass is 10.2. The van der Waals surface area contributed by atoms with E-state index >= 15 is 0 Å². The molecule has 0 aliphatic rings. The van der Waals surface area contributed by atoms with Crippen molar-refractivity contribution in [2.24, 2.45) is 0 Å². The average Bonchev–Trinajstić information content (AvgIpc) is 2.84. The third kappa shape index (κ3) is 2.14. The summed E-state index contributed by atoms with van der Waals surface area (Å²) in [4.78, 5) is 12.1. The second-order valence-electron chi connectivity index (χ2n) is 4.53. The Morgan fingerprint density at radius 3 is 2.85 bits per heavy atom. The highest BCUT2D eigenvalue weighted by Gasteiger charge is 2.12. The molecule has 0 unspecified atom stereocenters. The molecular weight excluding hydrogens is 257 g/mol. The van der Waals surface area contributed by atoms with Crippen molar-refractivity contribution in [1.29, 1.82) is 0 Å². The minimum absolute atomic E-state index is 0.133.